The highest BCUT2D eigenvalue weighted by atomic mass is 35.5. The van der Waals surface area contributed by atoms with E-state index in [1.165, 1.54) is 0 Å². The van der Waals surface area contributed by atoms with Gasteiger partial charge >= 0.3 is 6.09 Å². The van der Waals surface area contributed by atoms with Crippen molar-refractivity contribution >= 4 is 30.1 Å². The van der Waals surface area contributed by atoms with Crippen LogP contribution < -0.4 is 10.6 Å². The largest absolute Gasteiger partial charge is 0.445 e. The normalized spacial score (nSPS) is 18.5. The molecule has 1 fully saturated rings. The summed E-state index contributed by atoms with van der Waals surface area (Å²) in [5.74, 6) is 0.453. The summed E-state index contributed by atoms with van der Waals surface area (Å²) in [6.45, 7) is 2.34. The molecule has 1 saturated carbocycles. The predicted octanol–water partition coefficient (Wildman–Crippen LogP) is 4.13. The summed E-state index contributed by atoms with van der Waals surface area (Å²) < 4.78 is 5.36. The Kier molecular flexibility index (Phi) is 11.6. The molecular formula is C23H32ClN3O4. The summed E-state index contributed by atoms with van der Waals surface area (Å²) in [6.07, 6.45) is 7.31. The molecule has 1 aromatic carbocycles. The van der Waals surface area contributed by atoms with E-state index in [4.69, 9.17) is 4.74 Å². The highest BCUT2D eigenvalue weighted by molar-refractivity contribution is 5.92. The summed E-state index contributed by atoms with van der Waals surface area (Å²) in [7, 11) is 0. The Hall–Kier alpha value is -2.64. The smallest absolute Gasteiger partial charge is 0.407 e. The fourth-order valence-corrected chi connectivity index (χ4v) is 3.93. The number of alkyl carbamates (subject to hydrolysis) is 1. The monoisotopic (exact) mass is 449 g/mol. The summed E-state index contributed by atoms with van der Waals surface area (Å²) in [6, 6.07) is 13.3. The molecule has 3 rings (SSSR count). The molecule has 0 saturated heterocycles. The lowest BCUT2D eigenvalue weighted by molar-refractivity contribution is -0.121. The molecule has 31 heavy (non-hydrogen) atoms. The Labute approximate surface area is 189 Å². The molecule has 1 aliphatic carbocycles. The van der Waals surface area contributed by atoms with Gasteiger partial charge in [-0.15, -0.1) is 12.4 Å². The van der Waals surface area contributed by atoms with E-state index < -0.39 is 0 Å². The van der Waals surface area contributed by atoms with Gasteiger partial charge in [-0.2, -0.15) is 0 Å². The first-order chi connectivity index (χ1) is 14.2. The fourth-order valence-electron chi connectivity index (χ4n) is 3.93. The van der Waals surface area contributed by atoms with Crippen LogP contribution in [-0.2, 0) is 16.1 Å². The zero-order valence-corrected chi connectivity index (χ0v) is 18.6. The van der Waals surface area contributed by atoms with E-state index in [1.807, 2.05) is 30.3 Å². The van der Waals surface area contributed by atoms with Crippen LogP contribution in [0.4, 0.5) is 10.5 Å². The summed E-state index contributed by atoms with van der Waals surface area (Å²) in [5.41, 5.74) is 1.75. The summed E-state index contributed by atoms with van der Waals surface area (Å²) in [4.78, 5) is 28.7. The van der Waals surface area contributed by atoms with Crippen molar-refractivity contribution in [3.05, 3.63) is 60.4 Å². The minimum Gasteiger partial charge on any atom is -0.445 e. The summed E-state index contributed by atoms with van der Waals surface area (Å²) in [5, 5.41) is 5.99. The second kappa shape index (κ2) is 13.6. The predicted molar refractivity (Wildman–Crippen MR) is 123 cm³/mol. The van der Waals surface area contributed by atoms with Gasteiger partial charge in [-0.1, -0.05) is 37.3 Å². The van der Waals surface area contributed by atoms with Crippen LogP contribution in [0.3, 0.4) is 0 Å². The molecule has 4 N–H and O–H groups in total. The SMILES string of the molecule is CCC(NC(=O)OCc1ccccc1)[C@H]1CC[C@H](C(=O)Nc2ccncc2)CC1.Cl.O. The molecule has 1 atom stereocenters. The first-order valence-electron chi connectivity index (χ1n) is 10.3. The van der Waals surface area contributed by atoms with Crippen molar-refractivity contribution in [3.8, 4) is 0 Å². The minimum atomic E-state index is -0.377. The van der Waals surface area contributed by atoms with Gasteiger partial charge in [-0.05, 0) is 55.7 Å². The molecule has 0 aliphatic heterocycles. The highest BCUT2D eigenvalue weighted by Gasteiger charge is 2.31. The number of carbonyl (C=O) groups is 2. The second-order valence-corrected chi connectivity index (χ2v) is 7.56. The van der Waals surface area contributed by atoms with Crippen molar-refractivity contribution in [2.45, 2.75) is 51.7 Å². The molecule has 8 heteroatoms. The Morgan fingerprint density at radius 1 is 1.06 bits per heavy atom. The van der Waals surface area contributed by atoms with E-state index >= 15 is 0 Å². The average molecular weight is 450 g/mol. The zero-order valence-electron chi connectivity index (χ0n) is 17.8. The van der Waals surface area contributed by atoms with Gasteiger partial charge in [0.1, 0.15) is 6.61 Å². The van der Waals surface area contributed by atoms with Gasteiger partial charge in [0.2, 0.25) is 5.91 Å². The van der Waals surface area contributed by atoms with E-state index in [9.17, 15) is 9.59 Å². The van der Waals surface area contributed by atoms with Crippen molar-refractivity contribution in [1.29, 1.82) is 0 Å². The van der Waals surface area contributed by atoms with E-state index in [0.717, 1.165) is 43.4 Å². The summed E-state index contributed by atoms with van der Waals surface area (Å²) >= 11 is 0. The van der Waals surface area contributed by atoms with Crippen LogP contribution in [0, 0.1) is 11.8 Å². The number of hydrogen-bond acceptors (Lipinski definition) is 4. The third-order valence-corrected chi connectivity index (χ3v) is 5.62. The van der Waals surface area contributed by atoms with Crippen LogP contribution in [0.25, 0.3) is 0 Å². The van der Waals surface area contributed by atoms with E-state index in [2.05, 4.69) is 22.5 Å². The number of nitrogens with one attached hydrogen (secondary N) is 2. The Balaban J connectivity index is 0.00000240. The van der Waals surface area contributed by atoms with Gasteiger partial charge in [-0.25, -0.2) is 4.79 Å². The molecule has 0 spiro atoms. The molecule has 1 unspecified atom stereocenters. The van der Waals surface area contributed by atoms with Crippen molar-refractivity contribution < 1.29 is 19.8 Å². The molecule has 2 aromatic rings. The lowest BCUT2D eigenvalue weighted by Gasteiger charge is -2.33. The highest BCUT2D eigenvalue weighted by Crippen LogP contribution is 2.32. The number of aromatic nitrogens is 1. The van der Waals surface area contributed by atoms with Gasteiger partial charge < -0.3 is 20.8 Å². The van der Waals surface area contributed by atoms with Gasteiger partial charge in [0, 0.05) is 30.0 Å². The standard InChI is InChI=1S/C23H29N3O3.ClH.H2O/c1-2-21(26-23(28)29-16-17-6-4-3-5-7-17)18-8-10-19(11-9-18)22(27)25-20-12-14-24-15-13-20;;/h3-7,12-15,18-19,21H,2,8-11,16H2,1H3,(H,26,28)(H,24,25,27);1H;1H2/t18-,19-,21?;;. The quantitative estimate of drug-likeness (QED) is 0.661. The van der Waals surface area contributed by atoms with Gasteiger partial charge in [0.25, 0.3) is 0 Å². The number of nitrogens with zero attached hydrogens (tertiary/aromatic N) is 1. The van der Waals surface area contributed by atoms with Crippen LogP contribution in [0.1, 0.15) is 44.6 Å². The van der Waals surface area contributed by atoms with Crippen LogP contribution in [0.15, 0.2) is 54.9 Å². The molecule has 0 bridgehead atoms. The minimum absolute atomic E-state index is 0. The second-order valence-electron chi connectivity index (χ2n) is 7.56. The maximum absolute atomic E-state index is 12.5. The molecule has 1 heterocycles. The van der Waals surface area contributed by atoms with Crippen LogP contribution in [0.5, 0.6) is 0 Å². The van der Waals surface area contributed by atoms with E-state index in [0.29, 0.717) is 5.92 Å². The number of rotatable bonds is 7. The maximum Gasteiger partial charge on any atom is 0.407 e. The lowest BCUT2D eigenvalue weighted by atomic mass is 9.77. The Morgan fingerprint density at radius 3 is 2.32 bits per heavy atom. The number of hydrogen-bond donors (Lipinski definition) is 2. The van der Waals surface area contributed by atoms with Crippen molar-refractivity contribution in [3.63, 3.8) is 0 Å². The molecule has 1 aliphatic rings. The first kappa shape index (κ1) is 26.4. The number of ether oxygens (including phenoxy) is 1. The zero-order chi connectivity index (χ0) is 20.5. The van der Waals surface area contributed by atoms with Crippen LogP contribution in [0.2, 0.25) is 0 Å². The van der Waals surface area contributed by atoms with Crippen LogP contribution >= 0.6 is 12.4 Å². The third-order valence-electron chi connectivity index (χ3n) is 5.62. The number of pyridine rings is 1. The fraction of sp³-hybridized carbons (Fsp3) is 0.435. The van der Waals surface area contributed by atoms with Crippen LogP contribution in [-0.4, -0.2) is 28.5 Å². The molecule has 1 aromatic heterocycles. The van der Waals surface area contributed by atoms with E-state index in [1.54, 1.807) is 24.5 Å². The van der Waals surface area contributed by atoms with Gasteiger partial charge in [0.15, 0.2) is 0 Å². The van der Waals surface area contributed by atoms with Crippen molar-refractivity contribution in [2.75, 3.05) is 5.32 Å². The van der Waals surface area contributed by atoms with Gasteiger partial charge in [-0.3, -0.25) is 9.78 Å². The average Bonchev–Trinajstić information content (AvgIpc) is 2.77. The lowest BCUT2D eigenvalue weighted by Crippen LogP contribution is -2.42. The van der Waals surface area contributed by atoms with E-state index in [-0.39, 0.29) is 48.5 Å². The Morgan fingerprint density at radius 2 is 1.71 bits per heavy atom. The first-order valence-corrected chi connectivity index (χ1v) is 10.3. The maximum atomic E-state index is 12.5. The number of anilines is 1. The number of benzene rings is 1. The number of amides is 2. The Bertz CT molecular complexity index is 784. The molecule has 7 nitrogen and oxygen atoms in total. The number of halogens is 1. The van der Waals surface area contributed by atoms with Crippen molar-refractivity contribution in [1.82, 2.24) is 10.3 Å². The molecule has 0 radical (unpaired) electrons. The molecular weight excluding hydrogens is 418 g/mol. The van der Waals surface area contributed by atoms with Gasteiger partial charge in [0.05, 0.1) is 0 Å². The topological polar surface area (TPSA) is 112 Å². The third kappa shape index (κ3) is 8.19. The number of carbonyl (C=O) groups excluding carboxylic acids is 2. The molecule has 2 amide bonds. The van der Waals surface area contributed by atoms with Crippen molar-refractivity contribution in [2.24, 2.45) is 11.8 Å². The molecule has 170 valence electrons.